The van der Waals surface area contributed by atoms with Crippen LogP contribution in [-0.2, 0) is 9.53 Å². The Hall–Kier alpha value is -0.870. The summed E-state index contributed by atoms with van der Waals surface area (Å²) in [5.74, 6) is -0.0766. The molecule has 0 spiro atoms. The summed E-state index contributed by atoms with van der Waals surface area (Å²) in [7, 11) is 0. The van der Waals surface area contributed by atoms with Gasteiger partial charge < -0.3 is 14.9 Å². The van der Waals surface area contributed by atoms with E-state index in [-0.39, 0.29) is 29.8 Å². The second kappa shape index (κ2) is 4.06. The largest absolute Gasteiger partial charge is 0.458 e. The Morgan fingerprint density at radius 3 is 2.47 bits per heavy atom. The number of rotatable bonds is 0. The highest BCUT2D eigenvalue weighted by Crippen LogP contribution is 2.53. The van der Waals surface area contributed by atoms with Crippen LogP contribution in [0.4, 0.5) is 0 Å². The highest BCUT2D eigenvalue weighted by Gasteiger charge is 2.52. The lowest BCUT2D eigenvalue weighted by atomic mass is 9.80. The predicted octanol–water partition coefficient (Wildman–Crippen LogP) is 1.26. The van der Waals surface area contributed by atoms with Gasteiger partial charge in [-0.3, -0.25) is 0 Å². The van der Waals surface area contributed by atoms with Gasteiger partial charge in [0.05, 0.1) is 17.8 Å². The van der Waals surface area contributed by atoms with Crippen molar-refractivity contribution >= 4 is 5.97 Å². The van der Waals surface area contributed by atoms with Crippen molar-refractivity contribution in [1.29, 1.82) is 0 Å². The molecule has 3 rings (SSSR count). The summed E-state index contributed by atoms with van der Waals surface area (Å²) in [6.45, 7) is 6.54. The van der Waals surface area contributed by atoms with Crippen molar-refractivity contribution in [2.45, 2.75) is 45.8 Å². The third-order valence-electron chi connectivity index (χ3n) is 5.28. The van der Waals surface area contributed by atoms with Crippen molar-refractivity contribution in [3.8, 4) is 0 Å². The normalized spacial score (nSPS) is 44.7. The Morgan fingerprint density at radius 2 is 1.79 bits per heavy atom. The van der Waals surface area contributed by atoms with E-state index in [1.165, 1.54) is 0 Å². The van der Waals surface area contributed by atoms with E-state index in [0.29, 0.717) is 11.1 Å². The SMILES string of the molecule is C[C@@H]1[C@H]2CC(C)(C)C[C@H]2[C@H](O)C2=C(C(=O)OC2)[C@@H]1O. The number of ether oxygens (including phenoxy) is 1. The van der Waals surface area contributed by atoms with E-state index < -0.39 is 18.2 Å². The van der Waals surface area contributed by atoms with Crippen LogP contribution in [0.1, 0.15) is 33.6 Å². The zero-order valence-electron chi connectivity index (χ0n) is 11.7. The molecule has 1 saturated carbocycles. The maximum absolute atomic E-state index is 11.8. The van der Waals surface area contributed by atoms with E-state index in [1.807, 2.05) is 6.92 Å². The second-order valence-electron chi connectivity index (χ2n) is 7.16. The molecule has 106 valence electrons. The van der Waals surface area contributed by atoms with Crippen LogP contribution in [0, 0.1) is 23.2 Å². The van der Waals surface area contributed by atoms with Crippen molar-refractivity contribution in [3.05, 3.63) is 11.1 Å². The van der Waals surface area contributed by atoms with Gasteiger partial charge in [0.15, 0.2) is 0 Å². The summed E-state index contributed by atoms with van der Waals surface area (Å²) in [4.78, 5) is 11.8. The highest BCUT2D eigenvalue weighted by molar-refractivity contribution is 5.93. The minimum absolute atomic E-state index is 0.0143. The van der Waals surface area contributed by atoms with Crippen LogP contribution in [0.2, 0.25) is 0 Å². The van der Waals surface area contributed by atoms with Gasteiger partial charge in [0, 0.05) is 5.57 Å². The van der Waals surface area contributed by atoms with Gasteiger partial charge in [0.25, 0.3) is 0 Å². The van der Waals surface area contributed by atoms with Crippen LogP contribution in [0.5, 0.6) is 0 Å². The molecule has 0 unspecified atom stereocenters. The van der Waals surface area contributed by atoms with Crippen LogP contribution in [0.15, 0.2) is 11.1 Å². The lowest BCUT2D eigenvalue weighted by Gasteiger charge is -2.28. The Kier molecular flexibility index (Phi) is 2.81. The van der Waals surface area contributed by atoms with E-state index in [0.717, 1.165) is 12.8 Å². The highest BCUT2D eigenvalue weighted by atomic mass is 16.5. The topological polar surface area (TPSA) is 66.8 Å². The van der Waals surface area contributed by atoms with Gasteiger partial charge in [-0.25, -0.2) is 4.79 Å². The van der Waals surface area contributed by atoms with Gasteiger partial charge in [-0.15, -0.1) is 0 Å². The molecule has 4 nitrogen and oxygen atoms in total. The van der Waals surface area contributed by atoms with E-state index >= 15 is 0 Å². The molecule has 4 heteroatoms. The van der Waals surface area contributed by atoms with Crippen molar-refractivity contribution in [2.75, 3.05) is 6.61 Å². The van der Waals surface area contributed by atoms with Gasteiger partial charge in [-0.1, -0.05) is 20.8 Å². The van der Waals surface area contributed by atoms with Crippen LogP contribution < -0.4 is 0 Å². The van der Waals surface area contributed by atoms with E-state index in [2.05, 4.69) is 13.8 Å². The maximum atomic E-state index is 11.8. The molecule has 1 fully saturated rings. The number of hydrogen-bond donors (Lipinski definition) is 2. The fourth-order valence-corrected chi connectivity index (χ4v) is 4.32. The average Bonchev–Trinajstić information content (AvgIpc) is 2.84. The molecule has 5 atom stereocenters. The number of carbonyl (C=O) groups is 1. The molecule has 19 heavy (non-hydrogen) atoms. The van der Waals surface area contributed by atoms with Gasteiger partial charge in [-0.05, 0) is 36.0 Å². The first-order valence-corrected chi connectivity index (χ1v) is 7.08. The quantitative estimate of drug-likeness (QED) is 0.648. The molecular formula is C15H22O4. The number of hydrogen-bond acceptors (Lipinski definition) is 4. The van der Waals surface area contributed by atoms with E-state index in [1.54, 1.807) is 0 Å². The maximum Gasteiger partial charge on any atom is 0.337 e. The smallest absolute Gasteiger partial charge is 0.337 e. The number of esters is 1. The molecule has 0 bridgehead atoms. The lowest BCUT2D eigenvalue weighted by molar-refractivity contribution is -0.137. The van der Waals surface area contributed by atoms with Crippen molar-refractivity contribution < 1.29 is 19.7 Å². The van der Waals surface area contributed by atoms with Crippen LogP contribution in [0.3, 0.4) is 0 Å². The lowest BCUT2D eigenvalue weighted by Crippen LogP contribution is -2.31. The molecule has 2 aliphatic carbocycles. The van der Waals surface area contributed by atoms with E-state index in [9.17, 15) is 15.0 Å². The number of aliphatic hydroxyl groups excluding tert-OH is 2. The molecule has 3 aliphatic rings. The molecule has 0 saturated heterocycles. The van der Waals surface area contributed by atoms with Crippen LogP contribution in [0.25, 0.3) is 0 Å². The monoisotopic (exact) mass is 266 g/mol. The first kappa shape index (κ1) is 13.1. The Labute approximate surface area is 113 Å². The molecular weight excluding hydrogens is 244 g/mol. The average molecular weight is 266 g/mol. The zero-order chi connectivity index (χ0) is 13.9. The predicted molar refractivity (Wildman–Crippen MR) is 69.2 cm³/mol. The minimum atomic E-state index is -0.802. The van der Waals surface area contributed by atoms with Gasteiger partial charge in [0.2, 0.25) is 0 Å². The third-order valence-corrected chi connectivity index (χ3v) is 5.28. The summed E-state index contributed by atoms with van der Waals surface area (Å²) >= 11 is 0. The number of carbonyl (C=O) groups excluding carboxylic acids is 1. The number of aliphatic hydroxyl groups is 2. The number of cyclic esters (lactones) is 1. The summed E-state index contributed by atoms with van der Waals surface area (Å²) in [5, 5.41) is 21.1. The zero-order valence-corrected chi connectivity index (χ0v) is 11.7. The second-order valence-corrected chi connectivity index (χ2v) is 7.16. The summed E-state index contributed by atoms with van der Waals surface area (Å²) in [5.41, 5.74) is 1.13. The van der Waals surface area contributed by atoms with Crippen molar-refractivity contribution in [3.63, 3.8) is 0 Å². The molecule has 0 radical (unpaired) electrons. The van der Waals surface area contributed by atoms with Crippen LogP contribution in [-0.4, -0.2) is 35.0 Å². The fourth-order valence-electron chi connectivity index (χ4n) is 4.32. The van der Waals surface area contributed by atoms with E-state index in [4.69, 9.17) is 4.74 Å². The van der Waals surface area contributed by atoms with Gasteiger partial charge in [0.1, 0.15) is 6.61 Å². The molecule has 0 aromatic rings. The molecule has 0 aromatic carbocycles. The summed E-state index contributed by atoms with van der Waals surface area (Å²) < 4.78 is 5.01. The summed E-state index contributed by atoms with van der Waals surface area (Å²) in [6.07, 6.45) is 0.472. The first-order valence-electron chi connectivity index (χ1n) is 7.08. The molecule has 1 heterocycles. The van der Waals surface area contributed by atoms with Crippen LogP contribution >= 0.6 is 0 Å². The third kappa shape index (κ3) is 1.84. The molecule has 2 N–H and O–H groups in total. The number of fused-ring (bicyclic) bond motifs is 1. The Balaban J connectivity index is 2.03. The fraction of sp³-hybridized carbons (Fsp3) is 0.800. The van der Waals surface area contributed by atoms with Crippen molar-refractivity contribution in [2.24, 2.45) is 23.2 Å². The molecule has 1 aliphatic heterocycles. The standard InChI is InChI=1S/C15H22O4/c1-7-8-4-15(2,3)5-9(8)13(17)10-6-19-14(18)11(10)12(7)16/h7-9,12-13,16-17H,4-6H2,1-3H3/t7-,8-,9-,12-,13+/m1/s1. The minimum Gasteiger partial charge on any atom is -0.458 e. The summed E-state index contributed by atoms with van der Waals surface area (Å²) in [6, 6.07) is 0. The van der Waals surface area contributed by atoms with Gasteiger partial charge >= 0.3 is 5.97 Å². The first-order chi connectivity index (χ1) is 8.82. The molecule has 0 aromatic heterocycles. The van der Waals surface area contributed by atoms with Crippen molar-refractivity contribution in [1.82, 2.24) is 0 Å². The Bertz CT molecular complexity index is 451. The van der Waals surface area contributed by atoms with Gasteiger partial charge in [-0.2, -0.15) is 0 Å². The molecule has 0 amide bonds. The Morgan fingerprint density at radius 1 is 1.16 bits per heavy atom.